The Balaban J connectivity index is 0.000000947. The minimum Gasteiger partial charge on any atom is -1.00 e. The van der Waals surface area contributed by atoms with Gasteiger partial charge in [0.05, 0.1) is 5.41 Å². The van der Waals surface area contributed by atoms with E-state index in [0.29, 0.717) is 6.42 Å². The number of anilines is 1. The Morgan fingerprint density at radius 3 is 2.02 bits per heavy atom. The van der Waals surface area contributed by atoms with Gasteiger partial charge in [0.15, 0.2) is 5.71 Å². The van der Waals surface area contributed by atoms with E-state index in [4.69, 9.17) is 5.11 Å². The molecule has 0 amide bonds. The van der Waals surface area contributed by atoms with Crippen LogP contribution in [0.2, 0.25) is 0 Å². The van der Waals surface area contributed by atoms with Gasteiger partial charge in [0.25, 0.3) is 0 Å². The number of halogens is 4. The Morgan fingerprint density at radius 2 is 1.40 bits per heavy atom. The highest BCUT2D eigenvalue weighted by atomic mass is 19.4. The van der Waals surface area contributed by atoms with E-state index < -0.39 is 13.5 Å². The first-order valence-corrected chi connectivity index (χ1v) is 15.8. The van der Waals surface area contributed by atoms with Crippen LogP contribution in [0.15, 0.2) is 96.7 Å². The first-order valence-electron chi connectivity index (χ1n) is 15.8. The molecule has 0 fully saturated rings. The molecule has 0 radical (unpaired) electrons. The Hall–Kier alpha value is -4.40. The van der Waals surface area contributed by atoms with Gasteiger partial charge < -0.3 is 14.7 Å². The van der Waals surface area contributed by atoms with E-state index in [1.54, 1.807) is 0 Å². The van der Waals surface area contributed by atoms with E-state index in [1.807, 2.05) is 0 Å². The minimum atomic E-state index is -3.67. The number of hydrogen-bond donors (Lipinski definition) is 1. The quantitative estimate of drug-likeness (QED) is 0.0998. The SMILES string of the molecule is C[N+]1=C(C=CC=C2N(CCCCCC(=O)O)c3ccc4ccccc4c3C2(C)C)C(C)(C)c2c1ccc1ccccc21.FB(F)F.[F-]. The fraction of sp³-hybridized carbons (Fsp3) is 0.316. The summed E-state index contributed by atoms with van der Waals surface area (Å²) in [5, 5.41) is 14.2. The molecule has 2 aliphatic rings. The van der Waals surface area contributed by atoms with E-state index in [2.05, 4.69) is 135 Å². The minimum absolute atomic E-state index is 0. The lowest BCUT2D eigenvalue weighted by Crippen LogP contribution is -3.00. The Bertz CT molecular complexity index is 1880. The lowest BCUT2D eigenvalue weighted by molar-refractivity contribution is -0.401. The zero-order chi connectivity index (χ0) is 33.2. The number of carboxylic acids is 1. The summed E-state index contributed by atoms with van der Waals surface area (Å²) in [5.41, 5.74) is 7.55. The van der Waals surface area contributed by atoms with Gasteiger partial charge in [-0.1, -0.05) is 80.9 Å². The summed E-state index contributed by atoms with van der Waals surface area (Å²) in [6.45, 7) is 10.2. The van der Waals surface area contributed by atoms with Crippen LogP contribution in [0.25, 0.3) is 21.5 Å². The fourth-order valence-electron chi connectivity index (χ4n) is 7.42. The third-order valence-corrected chi connectivity index (χ3v) is 9.43. The van der Waals surface area contributed by atoms with E-state index in [1.165, 1.54) is 55.5 Å². The molecule has 0 aromatic heterocycles. The van der Waals surface area contributed by atoms with Crippen molar-refractivity contribution >= 4 is 52.1 Å². The maximum Gasteiger partial charge on any atom is 0.762 e. The van der Waals surface area contributed by atoms with Crippen LogP contribution in [0.1, 0.15) is 64.5 Å². The number of carboxylic acid groups (broad SMARTS) is 1. The molecule has 1 N–H and O–H groups in total. The number of benzene rings is 4. The molecule has 0 spiro atoms. The number of carbonyl (C=O) groups is 1. The third-order valence-electron chi connectivity index (χ3n) is 9.43. The molecule has 0 aliphatic carbocycles. The van der Waals surface area contributed by atoms with Crippen molar-refractivity contribution in [2.24, 2.45) is 0 Å². The molecule has 0 saturated heterocycles. The molecule has 2 heterocycles. The number of nitrogens with zero attached hydrogens (tertiary/aromatic N) is 2. The largest absolute Gasteiger partial charge is 1.00 e. The number of rotatable bonds is 8. The van der Waals surface area contributed by atoms with E-state index in [-0.39, 0.29) is 22.0 Å². The van der Waals surface area contributed by atoms with Gasteiger partial charge in [-0.05, 0) is 72.0 Å². The lowest BCUT2D eigenvalue weighted by Gasteiger charge is -2.27. The highest BCUT2D eigenvalue weighted by molar-refractivity contribution is 6.33. The molecule has 0 unspecified atom stereocenters. The fourth-order valence-corrected chi connectivity index (χ4v) is 7.42. The van der Waals surface area contributed by atoms with E-state index in [0.717, 1.165) is 19.4 Å². The summed E-state index contributed by atoms with van der Waals surface area (Å²) in [7, 11) is -1.49. The molecule has 0 saturated carbocycles. The van der Waals surface area contributed by atoms with Crippen LogP contribution in [0.3, 0.4) is 0 Å². The summed E-state index contributed by atoms with van der Waals surface area (Å²) >= 11 is 0. The van der Waals surface area contributed by atoms with Crippen molar-refractivity contribution in [2.75, 3.05) is 18.5 Å². The third kappa shape index (κ3) is 6.85. The molecule has 246 valence electrons. The van der Waals surface area contributed by atoms with Crippen molar-refractivity contribution in [3.8, 4) is 0 Å². The predicted molar refractivity (Wildman–Crippen MR) is 185 cm³/mol. The normalized spacial score (nSPS) is 16.7. The smallest absolute Gasteiger partial charge is 0.762 e. The average molecular weight is 645 g/mol. The van der Waals surface area contributed by atoms with Gasteiger partial charge in [0.2, 0.25) is 5.69 Å². The average Bonchev–Trinajstić information content (AvgIpc) is 3.34. The number of hydrogen-bond acceptors (Lipinski definition) is 2. The highest BCUT2D eigenvalue weighted by Crippen LogP contribution is 2.51. The zero-order valence-corrected chi connectivity index (χ0v) is 27.5. The first-order chi connectivity index (χ1) is 21.9. The zero-order valence-electron chi connectivity index (χ0n) is 27.5. The Morgan fingerprint density at radius 1 is 0.830 bits per heavy atom. The standard InChI is InChI=1S/C38H40N2O2.BF3.FH/c1-37(2)32(39(5)30-23-21-26-14-8-10-16-28(26)35(30)37)18-13-19-33-38(3,4)36-29-17-11-9-15-27(29)22-24-31(36)40(33)25-12-6-7-20-34(41)42;2-1(3)4;/h8-11,13-19,21-24H,6-7,12,20,25H2,1-5H3;;1H. The highest BCUT2D eigenvalue weighted by Gasteiger charge is 2.44. The number of fused-ring (bicyclic) bond motifs is 6. The van der Waals surface area contributed by atoms with Crippen molar-refractivity contribution in [3.63, 3.8) is 0 Å². The summed E-state index contributed by atoms with van der Waals surface area (Å²) in [5.74, 6) is -0.715. The lowest BCUT2D eigenvalue weighted by atomic mass is 9.79. The molecule has 2 aliphatic heterocycles. The van der Waals surface area contributed by atoms with E-state index >= 15 is 0 Å². The van der Waals surface area contributed by atoms with Gasteiger partial charge >= 0.3 is 13.5 Å². The van der Waals surface area contributed by atoms with E-state index in [9.17, 15) is 17.7 Å². The van der Waals surface area contributed by atoms with Crippen molar-refractivity contribution in [1.82, 2.24) is 0 Å². The van der Waals surface area contributed by atoms with Gasteiger partial charge in [-0.25, -0.2) is 0 Å². The molecule has 0 atom stereocenters. The van der Waals surface area contributed by atoms with Gasteiger partial charge in [0.1, 0.15) is 7.05 Å². The monoisotopic (exact) mass is 644 g/mol. The molecular weight excluding hydrogens is 603 g/mol. The molecular formula is C38H41BF4N2O2. The van der Waals surface area contributed by atoms with Crippen LogP contribution in [0.4, 0.5) is 24.3 Å². The molecule has 47 heavy (non-hydrogen) atoms. The second-order valence-corrected chi connectivity index (χ2v) is 13.1. The van der Waals surface area contributed by atoms with Gasteiger partial charge in [-0.2, -0.15) is 4.58 Å². The topological polar surface area (TPSA) is 43.5 Å². The molecule has 6 rings (SSSR count). The molecule has 9 heteroatoms. The van der Waals surface area contributed by atoms with Gasteiger partial charge in [-0.15, -0.1) is 0 Å². The van der Waals surface area contributed by atoms with Gasteiger partial charge in [0, 0.05) is 47.5 Å². The molecule has 4 aromatic rings. The van der Waals surface area contributed by atoms with Crippen molar-refractivity contribution in [1.29, 1.82) is 0 Å². The van der Waals surface area contributed by atoms with Crippen LogP contribution >= 0.6 is 0 Å². The first kappa shape index (κ1) is 35.5. The maximum absolute atomic E-state index is 11.0. The van der Waals surface area contributed by atoms with Crippen molar-refractivity contribution in [3.05, 3.63) is 108 Å². The van der Waals surface area contributed by atoms with Crippen molar-refractivity contribution < 1.29 is 32.1 Å². The summed E-state index contributed by atoms with van der Waals surface area (Å²) in [6, 6.07) is 26.3. The van der Waals surface area contributed by atoms with Gasteiger partial charge in [-0.3, -0.25) is 17.7 Å². The van der Waals surface area contributed by atoms with Crippen LogP contribution < -0.4 is 9.60 Å². The van der Waals surface area contributed by atoms with Crippen molar-refractivity contribution in [2.45, 2.75) is 64.2 Å². The van der Waals surface area contributed by atoms with Crippen LogP contribution in [0.5, 0.6) is 0 Å². The summed E-state index contributed by atoms with van der Waals surface area (Å²) < 4.78 is 31.3. The maximum atomic E-state index is 11.0. The summed E-state index contributed by atoms with van der Waals surface area (Å²) in [4.78, 5) is 13.5. The predicted octanol–water partition coefficient (Wildman–Crippen LogP) is 6.77. The summed E-state index contributed by atoms with van der Waals surface area (Å²) in [6.07, 6.45) is 9.64. The Kier molecular flexibility index (Phi) is 10.7. The second kappa shape index (κ2) is 14.2. The Labute approximate surface area is 274 Å². The number of unbranched alkanes of at least 4 members (excludes halogenated alkanes) is 2. The molecule has 4 nitrogen and oxygen atoms in total. The number of aliphatic carboxylic acids is 1. The van der Waals surface area contributed by atoms with Crippen LogP contribution in [-0.2, 0) is 15.6 Å². The second-order valence-electron chi connectivity index (χ2n) is 13.1. The van der Waals surface area contributed by atoms with Crippen LogP contribution in [0, 0.1) is 0 Å². The molecule has 0 bridgehead atoms. The number of allylic oxidation sites excluding steroid dienone is 4. The van der Waals surface area contributed by atoms with Crippen LogP contribution in [-0.4, -0.2) is 42.5 Å². The molecule has 4 aromatic carbocycles.